The predicted molar refractivity (Wildman–Crippen MR) is 123 cm³/mol. The Morgan fingerprint density at radius 3 is 2.82 bits per heavy atom. The van der Waals surface area contributed by atoms with E-state index in [9.17, 15) is 4.79 Å². The zero-order valence-corrected chi connectivity index (χ0v) is 18.7. The molecule has 0 N–H and O–H groups in total. The summed E-state index contributed by atoms with van der Waals surface area (Å²) in [5.41, 5.74) is 3.73. The largest absolute Gasteiger partial charge is 0.486 e. The third-order valence-corrected chi connectivity index (χ3v) is 6.03. The number of fused-ring (bicyclic) bond motifs is 2. The number of ether oxygens (including phenoxy) is 4. The Hall–Kier alpha value is -3.55. The molecule has 2 aliphatic heterocycles. The number of amides is 1. The SMILES string of the molecule is COc1ccc2nccc(CCCCC[C@H]3CN(c4ccc5c(c4)OCCO5)C(=O)O3)c2n1. The van der Waals surface area contributed by atoms with Crippen LogP contribution in [0.4, 0.5) is 10.5 Å². The second-order valence-electron chi connectivity index (χ2n) is 8.24. The number of unbranched alkanes of at least 4 members (excludes halogenated alkanes) is 2. The van der Waals surface area contributed by atoms with Crippen LogP contribution in [0.1, 0.15) is 31.2 Å². The van der Waals surface area contributed by atoms with Crippen LogP contribution in [0.3, 0.4) is 0 Å². The van der Waals surface area contributed by atoms with E-state index in [1.165, 1.54) is 5.56 Å². The number of nitrogens with zero attached hydrogens (tertiary/aromatic N) is 3. The van der Waals surface area contributed by atoms with Gasteiger partial charge in [0.1, 0.15) is 19.3 Å². The predicted octanol–water partition coefficient (Wildman–Crippen LogP) is 4.54. The molecular formula is C25H27N3O5. The van der Waals surface area contributed by atoms with E-state index >= 15 is 0 Å². The molecule has 3 aromatic rings. The van der Waals surface area contributed by atoms with Crippen LogP contribution >= 0.6 is 0 Å². The maximum atomic E-state index is 12.4. The van der Waals surface area contributed by atoms with Crippen LogP contribution in [-0.4, -0.2) is 49.0 Å². The lowest BCUT2D eigenvalue weighted by molar-refractivity contribution is 0.135. The fourth-order valence-corrected chi connectivity index (χ4v) is 4.32. The molecule has 8 nitrogen and oxygen atoms in total. The van der Waals surface area contributed by atoms with Gasteiger partial charge in [0.05, 0.1) is 30.4 Å². The maximum Gasteiger partial charge on any atom is 0.414 e. The summed E-state index contributed by atoms with van der Waals surface area (Å²) in [6, 6.07) is 11.4. The lowest BCUT2D eigenvalue weighted by atomic mass is 10.0. The summed E-state index contributed by atoms with van der Waals surface area (Å²) in [4.78, 5) is 23.0. The van der Waals surface area contributed by atoms with E-state index in [0.29, 0.717) is 37.1 Å². The van der Waals surface area contributed by atoms with Crippen LogP contribution < -0.4 is 19.1 Å². The monoisotopic (exact) mass is 449 g/mol. The molecule has 8 heteroatoms. The molecule has 1 amide bonds. The molecule has 0 radical (unpaired) electrons. The number of pyridine rings is 2. The Kier molecular flexibility index (Phi) is 6.15. The molecule has 5 rings (SSSR count). The van der Waals surface area contributed by atoms with Crippen molar-refractivity contribution in [2.24, 2.45) is 0 Å². The van der Waals surface area contributed by atoms with Crippen molar-refractivity contribution < 1.29 is 23.7 Å². The molecular weight excluding hydrogens is 422 g/mol. The Bertz CT molecular complexity index is 1150. The van der Waals surface area contributed by atoms with Crippen LogP contribution in [0, 0.1) is 0 Å². The van der Waals surface area contributed by atoms with E-state index in [4.69, 9.17) is 18.9 Å². The van der Waals surface area contributed by atoms with Crippen LogP contribution in [0.5, 0.6) is 17.4 Å². The van der Waals surface area contributed by atoms with Gasteiger partial charge in [0, 0.05) is 18.3 Å². The van der Waals surface area contributed by atoms with Gasteiger partial charge in [0.25, 0.3) is 0 Å². The Morgan fingerprint density at radius 1 is 1.06 bits per heavy atom. The van der Waals surface area contributed by atoms with Crippen molar-refractivity contribution >= 4 is 22.8 Å². The number of benzene rings is 1. The molecule has 2 aliphatic rings. The number of rotatable bonds is 8. The van der Waals surface area contributed by atoms with Crippen molar-refractivity contribution in [3.8, 4) is 17.4 Å². The Morgan fingerprint density at radius 2 is 1.94 bits per heavy atom. The normalized spacial score (nSPS) is 17.3. The van der Waals surface area contributed by atoms with Gasteiger partial charge in [-0.15, -0.1) is 0 Å². The molecule has 0 aliphatic carbocycles. The third kappa shape index (κ3) is 4.65. The van der Waals surface area contributed by atoms with Gasteiger partial charge >= 0.3 is 6.09 Å². The molecule has 0 saturated carbocycles. The molecule has 1 atom stereocenters. The van der Waals surface area contributed by atoms with Crippen molar-refractivity contribution in [3.63, 3.8) is 0 Å². The number of carbonyl (C=O) groups is 1. The highest BCUT2D eigenvalue weighted by molar-refractivity contribution is 5.90. The van der Waals surface area contributed by atoms with Gasteiger partial charge in [-0.1, -0.05) is 6.42 Å². The summed E-state index contributed by atoms with van der Waals surface area (Å²) in [6.07, 6.45) is 6.26. The minimum atomic E-state index is -0.306. The highest BCUT2D eigenvalue weighted by atomic mass is 16.6. The molecule has 33 heavy (non-hydrogen) atoms. The number of aromatic nitrogens is 2. The molecule has 172 valence electrons. The van der Waals surface area contributed by atoms with Crippen molar-refractivity contribution in [1.82, 2.24) is 9.97 Å². The standard InChI is InChI=1S/C25H27N3O5/c1-30-23-10-8-20-24(27-23)17(11-12-26-20)5-3-2-4-6-19-16-28(25(29)33-19)18-7-9-21-22(15-18)32-14-13-31-21/h7-12,15,19H,2-6,13-14,16H2,1H3/t19-/m0/s1. The maximum absolute atomic E-state index is 12.4. The summed E-state index contributed by atoms with van der Waals surface area (Å²) < 4.78 is 22.1. The van der Waals surface area contributed by atoms with E-state index in [1.54, 1.807) is 12.0 Å². The smallest absolute Gasteiger partial charge is 0.414 e. The topological polar surface area (TPSA) is 83.0 Å². The first-order valence-electron chi connectivity index (χ1n) is 11.4. The van der Waals surface area contributed by atoms with Gasteiger partial charge in [0.15, 0.2) is 11.5 Å². The molecule has 1 saturated heterocycles. The van der Waals surface area contributed by atoms with Crippen molar-refractivity contribution in [3.05, 3.63) is 48.2 Å². The van der Waals surface area contributed by atoms with Gasteiger partial charge in [-0.2, -0.15) is 0 Å². The van der Waals surface area contributed by atoms with E-state index in [0.717, 1.165) is 48.8 Å². The molecule has 0 bridgehead atoms. The van der Waals surface area contributed by atoms with E-state index in [2.05, 4.69) is 9.97 Å². The third-order valence-electron chi connectivity index (χ3n) is 6.03. The van der Waals surface area contributed by atoms with E-state index in [-0.39, 0.29) is 12.2 Å². The first kappa shape index (κ1) is 21.3. The first-order chi connectivity index (χ1) is 16.2. The zero-order valence-electron chi connectivity index (χ0n) is 18.7. The average Bonchev–Trinajstić information content (AvgIpc) is 3.23. The minimum absolute atomic E-state index is 0.0987. The van der Waals surface area contributed by atoms with Gasteiger partial charge < -0.3 is 18.9 Å². The minimum Gasteiger partial charge on any atom is -0.486 e. The van der Waals surface area contributed by atoms with Crippen LogP contribution in [0.15, 0.2) is 42.6 Å². The van der Waals surface area contributed by atoms with Crippen molar-refractivity contribution in [2.45, 2.75) is 38.2 Å². The fourth-order valence-electron chi connectivity index (χ4n) is 4.32. The van der Waals surface area contributed by atoms with Crippen molar-refractivity contribution in [1.29, 1.82) is 0 Å². The molecule has 0 spiro atoms. The molecule has 2 aromatic heterocycles. The zero-order chi connectivity index (χ0) is 22.6. The second-order valence-corrected chi connectivity index (χ2v) is 8.24. The van der Waals surface area contributed by atoms with Gasteiger partial charge in [-0.05, 0) is 55.5 Å². The van der Waals surface area contributed by atoms with E-state index < -0.39 is 0 Å². The van der Waals surface area contributed by atoms with Crippen LogP contribution in [0.25, 0.3) is 11.0 Å². The van der Waals surface area contributed by atoms with Gasteiger partial charge in [-0.25, -0.2) is 9.78 Å². The van der Waals surface area contributed by atoms with Gasteiger partial charge in [-0.3, -0.25) is 9.88 Å². The lowest BCUT2D eigenvalue weighted by Gasteiger charge is -2.21. The average molecular weight is 450 g/mol. The number of hydrogen-bond donors (Lipinski definition) is 0. The Balaban J connectivity index is 1.11. The summed E-state index contributed by atoms with van der Waals surface area (Å²) in [6.45, 7) is 1.61. The number of carbonyl (C=O) groups excluding carboxylic acids is 1. The Labute approximate surface area is 192 Å². The summed E-state index contributed by atoms with van der Waals surface area (Å²) >= 11 is 0. The summed E-state index contributed by atoms with van der Waals surface area (Å²) in [5.74, 6) is 1.98. The van der Waals surface area contributed by atoms with Gasteiger partial charge in [0.2, 0.25) is 5.88 Å². The number of methoxy groups -OCH3 is 1. The molecule has 4 heterocycles. The first-order valence-corrected chi connectivity index (χ1v) is 11.4. The second kappa shape index (κ2) is 9.52. The highest BCUT2D eigenvalue weighted by Gasteiger charge is 2.32. The van der Waals surface area contributed by atoms with Crippen LogP contribution in [-0.2, 0) is 11.2 Å². The molecule has 1 fully saturated rings. The summed E-state index contributed by atoms with van der Waals surface area (Å²) in [7, 11) is 1.62. The molecule has 0 unspecified atom stereocenters. The quantitative estimate of drug-likeness (QED) is 0.467. The number of hydrogen-bond acceptors (Lipinski definition) is 7. The number of cyclic esters (lactones) is 1. The summed E-state index contributed by atoms with van der Waals surface area (Å²) in [5, 5.41) is 0. The van der Waals surface area contributed by atoms with Crippen LogP contribution in [0.2, 0.25) is 0 Å². The molecule has 1 aromatic carbocycles. The fraction of sp³-hybridized carbons (Fsp3) is 0.400. The van der Waals surface area contributed by atoms with E-state index in [1.807, 2.05) is 42.6 Å². The van der Waals surface area contributed by atoms with Crippen molar-refractivity contribution in [2.75, 3.05) is 31.8 Å². The lowest BCUT2D eigenvalue weighted by Crippen LogP contribution is -2.25. The number of aryl methyl sites for hydroxylation is 1. The highest BCUT2D eigenvalue weighted by Crippen LogP contribution is 2.35. The number of anilines is 1.